The number of rotatable bonds is 2. The Morgan fingerprint density at radius 2 is 1.65 bits per heavy atom. The highest BCUT2D eigenvalue weighted by Crippen LogP contribution is 2.46. The fraction of sp³-hybridized carbons (Fsp3) is 0.562. The van der Waals surface area contributed by atoms with Crippen molar-refractivity contribution in [1.29, 1.82) is 5.26 Å². The van der Waals surface area contributed by atoms with E-state index in [9.17, 15) is 5.26 Å². The van der Waals surface area contributed by atoms with E-state index in [1.165, 1.54) is 18.4 Å². The second-order valence-corrected chi connectivity index (χ2v) is 6.22. The summed E-state index contributed by atoms with van der Waals surface area (Å²) in [6, 6.07) is 13.0. The van der Waals surface area contributed by atoms with Crippen LogP contribution in [-0.2, 0) is 6.42 Å². The van der Waals surface area contributed by atoms with Crippen LogP contribution in [0.5, 0.6) is 0 Å². The molecule has 1 aromatic rings. The lowest BCUT2D eigenvalue weighted by Crippen LogP contribution is -2.31. The van der Waals surface area contributed by atoms with E-state index >= 15 is 0 Å². The van der Waals surface area contributed by atoms with Crippen LogP contribution < -0.4 is 0 Å². The van der Waals surface area contributed by atoms with Crippen LogP contribution in [0.3, 0.4) is 0 Å². The Bertz CT molecular complexity index is 401. The molecule has 1 aromatic carbocycles. The van der Waals surface area contributed by atoms with E-state index in [1.807, 2.05) is 6.07 Å². The smallest absolute Gasteiger partial charge is 0.0693 e. The Labute approximate surface area is 104 Å². The zero-order valence-corrected chi connectivity index (χ0v) is 10.9. The van der Waals surface area contributed by atoms with Crippen molar-refractivity contribution in [2.75, 3.05) is 0 Å². The van der Waals surface area contributed by atoms with Crippen molar-refractivity contribution in [3.63, 3.8) is 0 Å². The Hall–Kier alpha value is -1.29. The van der Waals surface area contributed by atoms with Crippen molar-refractivity contribution in [1.82, 2.24) is 0 Å². The van der Waals surface area contributed by atoms with Gasteiger partial charge in [-0.15, -0.1) is 0 Å². The van der Waals surface area contributed by atoms with Crippen molar-refractivity contribution in [3.05, 3.63) is 35.9 Å². The lowest BCUT2D eigenvalue weighted by Gasteiger charge is -2.39. The Morgan fingerprint density at radius 3 is 2.18 bits per heavy atom. The van der Waals surface area contributed by atoms with Gasteiger partial charge in [-0.05, 0) is 43.1 Å². The second kappa shape index (κ2) is 4.53. The quantitative estimate of drug-likeness (QED) is 0.737. The van der Waals surface area contributed by atoms with Crippen LogP contribution in [-0.4, -0.2) is 0 Å². The molecule has 1 fully saturated rings. The zero-order valence-electron chi connectivity index (χ0n) is 10.9. The normalized spacial score (nSPS) is 21.7. The molecule has 1 heteroatoms. The third-order valence-corrected chi connectivity index (χ3v) is 4.18. The number of hydrogen-bond acceptors (Lipinski definition) is 1. The molecular weight excluding hydrogens is 206 g/mol. The zero-order chi connectivity index (χ0) is 12.4. The van der Waals surface area contributed by atoms with Gasteiger partial charge in [0.2, 0.25) is 0 Å². The molecule has 17 heavy (non-hydrogen) atoms. The first-order valence-corrected chi connectivity index (χ1v) is 6.51. The van der Waals surface area contributed by atoms with E-state index in [0.29, 0.717) is 5.41 Å². The maximum atomic E-state index is 9.52. The molecule has 0 unspecified atom stereocenters. The first-order chi connectivity index (χ1) is 8.05. The molecule has 1 nitrogen and oxygen atoms in total. The molecule has 0 aliphatic heterocycles. The van der Waals surface area contributed by atoms with Crippen LogP contribution in [0.2, 0.25) is 0 Å². The maximum Gasteiger partial charge on any atom is 0.0693 e. The average Bonchev–Trinajstić information content (AvgIpc) is 2.34. The molecule has 0 amide bonds. The highest BCUT2D eigenvalue weighted by atomic mass is 14.4. The molecule has 0 saturated heterocycles. The summed E-state index contributed by atoms with van der Waals surface area (Å²) in [5, 5.41) is 9.52. The molecule has 0 aromatic heterocycles. The number of benzene rings is 1. The number of nitriles is 1. The SMILES string of the molecule is CC1(C)CCC(C#N)(Cc2ccccc2)CC1. The summed E-state index contributed by atoms with van der Waals surface area (Å²) in [5.74, 6) is 0. The Morgan fingerprint density at radius 1 is 1.06 bits per heavy atom. The molecule has 2 rings (SSSR count). The molecule has 0 heterocycles. The second-order valence-electron chi connectivity index (χ2n) is 6.22. The van der Waals surface area contributed by atoms with E-state index in [2.05, 4.69) is 44.2 Å². The maximum absolute atomic E-state index is 9.52. The molecular formula is C16H21N. The predicted octanol–water partition coefficient (Wildman–Crippen LogP) is 4.34. The summed E-state index contributed by atoms with van der Waals surface area (Å²) in [7, 11) is 0. The van der Waals surface area contributed by atoms with Crippen molar-refractivity contribution in [3.8, 4) is 6.07 Å². The summed E-state index contributed by atoms with van der Waals surface area (Å²) < 4.78 is 0. The molecule has 1 aliphatic rings. The topological polar surface area (TPSA) is 23.8 Å². The Kier molecular flexibility index (Phi) is 3.24. The molecule has 0 atom stereocenters. The fourth-order valence-corrected chi connectivity index (χ4v) is 2.72. The van der Waals surface area contributed by atoms with E-state index in [-0.39, 0.29) is 5.41 Å². The van der Waals surface area contributed by atoms with Crippen LogP contribution >= 0.6 is 0 Å². The first-order valence-electron chi connectivity index (χ1n) is 6.51. The van der Waals surface area contributed by atoms with E-state index in [0.717, 1.165) is 19.3 Å². The highest BCUT2D eigenvalue weighted by molar-refractivity contribution is 5.20. The van der Waals surface area contributed by atoms with Gasteiger partial charge in [0.05, 0.1) is 11.5 Å². The summed E-state index contributed by atoms with van der Waals surface area (Å²) >= 11 is 0. The number of hydrogen-bond donors (Lipinski definition) is 0. The number of nitrogens with zero attached hydrogens (tertiary/aromatic N) is 1. The Balaban J connectivity index is 2.10. The van der Waals surface area contributed by atoms with Crippen LogP contribution in [0.15, 0.2) is 30.3 Å². The van der Waals surface area contributed by atoms with Gasteiger partial charge in [-0.25, -0.2) is 0 Å². The highest BCUT2D eigenvalue weighted by Gasteiger charge is 2.38. The van der Waals surface area contributed by atoms with Gasteiger partial charge >= 0.3 is 0 Å². The third kappa shape index (κ3) is 2.88. The molecule has 90 valence electrons. The summed E-state index contributed by atoms with van der Waals surface area (Å²) in [6.07, 6.45) is 5.36. The van der Waals surface area contributed by atoms with Gasteiger partial charge in [-0.3, -0.25) is 0 Å². The van der Waals surface area contributed by atoms with Crippen molar-refractivity contribution in [2.45, 2.75) is 46.0 Å². The van der Waals surface area contributed by atoms with Crippen LogP contribution in [0.4, 0.5) is 0 Å². The van der Waals surface area contributed by atoms with Crippen LogP contribution in [0, 0.1) is 22.2 Å². The van der Waals surface area contributed by atoms with Gasteiger partial charge in [-0.2, -0.15) is 5.26 Å². The standard InChI is InChI=1S/C16H21N/c1-15(2)8-10-16(13-17,11-9-15)12-14-6-4-3-5-7-14/h3-7H,8-12H2,1-2H3. The monoisotopic (exact) mass is 227 g/mol. The van der Waals surface area contributed by atoms with Gasteiger partial charge < -0.3 is 0 Å². The molecule has 1 saturated carbocycles. The average molecular weight is 227 g/mol. The van der Waals surface area contributed by atoms with Gasteiger partial charge in [0, 0.05) is 0 Å². The molecule has 0 spiro atoms. The molecule has 0 bridgehead atoms. The van der Waals surface area contributed by atoms with Crippen molar-refractivity contribution >= 4 is 0 Å². The van der Waals surface area contributed by atoms with Crippen molar-refractivity contribution in [2.24, 2.45) is 10.8 Å². The van der Waals surface area contributed by atoms with Crippen molar-refractivity contribution < 1.29 is 0 Å². The molecule has 1 aliphatic carbocycles. The van der Waals surface area contributed by atoms with E-state index in [1.54, 1.807) is 0 Å². The lowest BCUT2D eigenvalue weighted by atomic mass is 9.64. The largest absolute Gasteiger partial charge is 0.198 e. The van der Waals surface area contributed by atoms with Gasteiger partial charge in [0.1, 0.15) is 0 Å². The first kappa shape index (κ1) is 12.2. The molecule has 0 N–H and O–H groups in total. The van der Waals surface area contributed by atoms with Crippen LogP contribution in [0.25, 0.3) is 0 Å². The van der Waals surface area contributed by atoms with Gasteiger partial charge in [0.15, 0.2) is 0 Å². The third-order valence-electron chi connectivity index (χ3n) is 4.18. The minimum atomic E-state index is -0.114. The minimum Gasteiger partial charge on any atom is -0.198 e. The van der Waals surface area contributed by atoms with Crippen LogP contribution in [0.1, 0.15) is 45.1 Å². The predicted molar refractivity (Wildman–Crippen MR) is 70.4 cm³/mol. The lowest BCUT2D eigenvalue weighted by molar-refractivity contribution is 0.146. The summed E-state index contributed by atoms with van der Waals surface area (Å²) in [6.45, 7) is 4.63. The van der Waals surface area contributed by atoms with E-state index in [4.69, 9.17) is 0 Å². The molecule has 0 radical (unpaired) electrons. The summed E-state index contributed by atoms with van der Waals surface area (Å²) in [4.78, 5) is 0. The fourth-order valence-electron chi connectivity index (χ4n) is 2.72. The van der Waals surface area contributed by atoms with Gasteiger partial charge in [-0.1, -0.05) is 44.2 Å². The van der Waals surface area contributed by atoms with E-state index < -0.39 is 0 Å². The minimum absolute atomic E-state index is 0.114. The summed E-state index contributed by atoms with van der Waals surface area (Å²) in [5.41, 5.74) is 1.61. The van der Waals surface area contributed by atoms with Gasteiger partial charge in [0.25, 0.3) is 0 Å².